The zero-order chi connectivity index (χ0) is 15.0. The van der Waals surface area contributed by atoms with Gasteiger partial charge in [-0.2, -0.15) is 0 Å². The summed E-state index contributed by atoms with van der Waals surface area (Å²) in [4.78, 5) is 0. The van der Waals surface area contributed by atoms with E-state index in [1.807, 2.05) is 18.2 Å². The quantitative estimate of drug-likeness (QED) is 0.708. The van der Waals surface area contributed by atoms with Gasteiger partial charge < -0.3 is 15.2 Å². The van der Waals surface area contributed by atoms with Crippen LogP contribution in [0.15, 0.2) is 18.2 Å². The van der Waals surface area contributed by atoms with E-state index in [1.165, 1.54) is 0 Å². The maximum absolute atomic E-state index is 6.25. The summed E-state index contributed by atoms with van der Waals surface area (Å²) in [5, 5.41) is 0.717. The largest absolute Gasteiger partial charge is 0.491 e. The van der Waals surface area contributed by atoms with Crippen LogP contribution < -0.4 is 10.5 Å². The number of hydrogen-bond donors (Lipinski definition) is 1. The van der Waals surface area contributed by atoms with Crippen molar-refractivity contribution in [3.8, 4) is 5.75 Å². The van der Waals surface area contributed by atoms with Gasteiger partial charge in [0.15, 0.2) is 0 Å². The second kappa shape index (κ2) is 9.22. The summed E-state index contributed by atoms with van der Waals surface area (Å²) >= 11 is 6.25. The van der Waals surface area contributed by atoms with Crippen LogP contribution in [0, 0.1) is 5.92 Å². The van der Waals surface area contributed by atoms with Gasteiger partial charge in [0.1, 0.15) is 12.4 Å². The summed E-state index contributed by atoms with van der Waals surface area (Å²) < 4.78 is 11.3. The summed E-state index contributed by atoms with van der Waals surface area (Å²) in [6.07, 6.45) is 1.65. The molecule has 0 aliphatic heterocycles. The predicted octanol–water partition coefficient (Wildman–Crippen LogP) is 3.67. The second-order valence-corrected chi connectivity index (χ2v) is 5.81. The zero-order valence-corrected chi connectivity index (χ0v) is 13.5. The molecule has 20 heavy (non-hydrogen) atoms. The molecule has 0 aliphatic carbocycles. The Labute approximate surface area is 127 Å². The molecule has 0 saturated heterocycles. The Bertz CT molecular complexity index is 396. The Hall–Kier alpha value is -0.770. The maximum Gasteiger partial charge on any atom is 0.124 e. The van der Waals surface area contributed by atoms with Crippen LogP contribution in [-0.4, -0.2) is 25.9 Å². The first-order chi connectivity index (χ1) is 9.54. The van der Waals surface area contributed by atoms with Crippen LogP contribution in [0.5, 0.6) is 5.75 Å². The maximum atomic E-state index is 6.25. The highest BCUT2D eigenvalue weighted by Gasteiger charge is 2.11. The van der Waals surface area contributed by atoms with Gasteiger partial charge in [-0.15, -0.1) is 0 Å². The van der Waals surface area contributed by atoms with E-state index in [0.29, 0.717) is 19.1 Å². The van der Waals surface area contributed by atoms with Gasteiger partial charge in [0.05, 0.1) is 6.61 Å². The number of rotatable bonds is 9. The van der Waals surface area contributed by atoms with Gasteiger partial charge in [0, 0.05) is 23.2 Å². The highest BCUT2D eigenvalue weighted by molar-refractivity contribution is 6.31. The summed E-state index contributed by atoms with van der Waals surface area (Å²) in [5.74, 6) is 1.36. The Balaban J connectivity index is 2.54. The minimum atomic E-state index is 0.106. The Morgan fingerprint density at radius 2 is 2.00 bits per heavy atom. The summed E-state index contributed by atoms with van der Waals surface area (Å²) in [7, 11) is 0. The third-order valence-electron chi connectivity index (χ3n) is 3.00. The molecule has 0 spiro atoms. The van der Waals surface area contributed by atoms with Crippen molar-refractivity contribution < 1.29 is 9.47 Å². The Morgan fingerprint density at radius 1 is 1.25 bits per heavy atom. The molecular weight excluding hydrogens is 274 g/mol. The van der Waals surface area contributed by atoms with Crippen molar-refractivity contribution >= 4 is 11.6 Å². The Kier molecular flexibility index (Phi) is 7.97. The molecule has 0 aromatic heterocycles. The average Bonchev–Trinajstić information content (AvgIpc) is 2.41. The first kappa shape index (κ1) is 17.3. The van der Waals surface area contributed by atoms with E-state index in [0.717, 1.165) is 35.8 Å². The molecule has 1 aromatic rings. The monoisotopic (exact) mass is 299 g/mol. The lowest BCUT2D eigenvalue weighted by molar-refractivity contribution is 0.0816. The summed E-state index contributed by atoms with van der Waals surface area (Å²) in [5.41, 5.74) is 7.01. The lowest BCUT2D eigenvalue weighted by Crippen LogP contribution is -2.22. The number of benzene rings is 1. The number of nitrogens with two attached hydrogens (primary N) is 1. The van der Waals surface area contributed by atoms with Crippen LogP contribution in [0.4, 0.5) is 0 Å². The van der Waals surface area contributed by atoms with Crippen LogP contribution in [0.2, 0.25) is 5.02 Å². The van der Waals surface area contributed by atoms with Crippen molar-refractivity contribution in [1.82, 2.24) is 0 Å². The van der Waals surface area contributed by atoms with Crippen molar-refractivity contribution in [3.05, 3.63) is 28.8 Å². The van der Waals surface area contributed by atoms with Gasteiger partial charge in [-0.3, -0.25) is 0 Å². The highest BCUT2D eigenvalue weighted by Crippen LogP contribution is 2.27. The molecule has 1 aromatic carbocycles. The standard InChI is InChI=1S/C16H26ClNO2/c1-4-13(18)10-14-15(17)6-5-7-16(14)20-9-8-19-11-12(2)3/h5-7,12-13H,4,8-11,18H2,1-3H3. The number of ether oxygens (including phenoxy) is 2. The van der Waals surface area contributed by atoms with Gasteiger partial charge in [0.2, 0.25) is 0 Å². The van der Waals surface area contributed by atoms with Crippen molar-refractivity contribution in [3.63, 3.8) is 0 Å². The molecule has 0 heterocycles. The molecule has 0 radical (unpaired) electrons. The van der Waals surface area contributed by atoms with Crippen molar-refractivity contribution in [2.45, 2.75) is 39.7 Å². The lowest BCUT2D eigenvalue weighted by Gasteiger charge is -2.16. The molecule has 0 bridgehead atoms. The molecule has 0 saturated carbocycles. The summed E-state index contributed by atoms with van der Waals surface area (Å²) in [6, 6.07) is 5.82. The summed E-state index contributed by atoms with van der Waals surface area (Å²) in [6.45, 7) is 8.20. The van der Waals surface area contributed by atoms with Crippen LogP contribution in [0.3, 0.4) is 0 Å². The fraction of sp³-hybridized carbons (Fsp3) is 0.625. The zero-order valence-electron chi connectivity index (χ0n) is 12.7. The van der Waals surface area contributed by atoms with Crippen molar-refractivity contribution in [2.75, 3.05) is 19.8 Å². The van der Waals surface area contributed by atoms with Crippen molar-refractivity contribution in [1.29, 1.82) is 0 Å². The van der Waals surface area contributed by atoms with Gasteiger partial charge in [0.25, 0.3) is 0 Å². The molecule has 1 rings (SSSR count). The molecule has 114 valence electrons. The number of hydrogen-bond acceptors (Lipinski definition) is 3. The molecule has 0 amide bonds. The Morgan fingerprint density at radius 3 is 2.65 bits per heavy atom. The molecule has 2 N–H and O–H groups in total. The van der Waals surface area contributed by atoms with Crippen LogP contribution in [0.25, 0.3) is 0 Å². The third kappa shape index (κ3) is 6.12. The second-order valence-electron chi connectivity index (χ2n) is 5.41. The lowest BCUT2D eigenvalue weighted by atomic mass is 10.0. The van der Waals surface area contributed by atoms with E-state index in [4.69, 9.17) is 26.8 Å². The molecule has 4 heteroatoms. The first-order valence-corrected chi connectivity index (χ1v) is 7.65. The van der Waals surface area contributed by atoms with E-state index < -0.39 is 0 Å². The normalized spacial score (nSPS) is 12.7. The van der Waals surface area contributed by atoms with E-state index in [9.17, 15) is 0 Å². The highest BCUT2D eigenvalue weighted by atomic mass is 35.5. The number of halogens is 1. The van der Waals surface area contributed by atoms with Gasteiger partial charge in [-0.1, -0.05) is 38.4 Å². The molecule has 1 atom stereocenters. The van der Waals surface area contributed by atoms with E-state index in [-0.39, 0.29) is 6.04 Å². The first-order valence-electron chi connectivity index (χ1n) is 7.28. The topological polar surface area (TPSA) is 44.5 Å². The van der Waals surface area contributed by atoms with E-state index in [1.54, 1.807) is 0 Å². The smallest absolute Gasteiger partial charge is 0.124 e. The van der Waals surface area contributed by atoms with E-state index >= 15 is 0 Å². The fourth-order valence-corrected chi connectivity index (χ4v) is 2.05. The molecule has 0 fully saturated rings. The van der Waals surface area contributed by atoms with Gasteiger partial charge in [-0.05, 0) is 30.9 Å². The molecule has 0 aliphatic rings. The van der Waals surface area contributed by atoms with Crippen LogP contribution in [0.1, 0.15) is 32.8 Å². The van der Waals surface area contributed by atoms with E-state index in [2.05, 4.69) is 20.8 Å². The minimum Gasteiger partial charge on any atom is -0.491 e. The fourth-order valence-electron chi connectivity index (χ4n) is 1.81. The third-order valence-corrected chi connectivity index (χ3v) is 3.36. The van der Waals surface area contributed by atoms with Gasteiger partial charge in [-0.25, -0.2) is 0 Å². The average molecular weight is 300 g/mol. The van der Waals surface area contributed by atoms with Gasteiger partial charge >= 0.3 is 0 Å². The minimum absolute atomic E-state index is 0.106. The molecule has 3 nitrogen and oxygen atoms in total. The molecular formula is C16H26ClNO2. The predicted molar refractivity (Wildman–Crippen MR) is 84.6 cm³/mol. The SMILES string of the molecule is CCC(N)Cc1c(Cl)cccc1OCCOCC(C)C. The van der Waals surface area contributed by atoms with Crippen LogP contribution in [-0.2, 0) is 11.2 Å². The molecule has 1 unspecified atom stereocenters. The van der Waals surface area contributed by atoms with Crippen molar-refractivity contribution in [2.24, 2.45) is 11.7 Å². The van der Waals surface area contributed by atoms with Crippen LogP contribution >= 0.6 is 11.6 Å².